The van der Waals surface area contributed by atoms with Crippen molar-refractivity contribution in [2.75, 3.05) is 19.7 Å². The number of nitrogens with zero attached hydrogens (tertiary/aromatic N) is 1. The van der Waals surface area contributed by atoms with Crippen LogP contribution >= 0.6 is 0 Å². The van der Waals surface area contributed by atoms with Crippen LogP contribution in [0.5, 0.6) is 0 Å². The summed E-state index contributed by atoms with van der Waals surface area (Å²) >= 11 is 0. The molecule has 1 fully saturated rings. The average Bonchev–Trinajstić information content (AvgIpc) is 3.04. The Kier molecular flexibility index (Phi) is 14.2. The summed E-state index contributed by atoms with van der Waals surface area (Å²) in [7, 11) is 0. The minimum atomic E-state index is -0.244. The van der Waals surface area contributed by atoms with Crippen LogP contribution in [0.1, 0.15) is 110 Å². The highest BCUT2D eigenvalue weighted by Gasteiger charge is 2.34. The fourth-order valence-electron chi connectivity index (χ4n) is 3.76. The van der Waals surface area contributed by atoms with Gasteiger partial charge in [0.1, 0.15) is 0 Å². The van der Waals surface area contributed by atoms with E-state index >= 15 is 0 Å². The number of ether oxygens (including phenoxy) is 1. The molecule has 158 valence electrons. The van der Waals surface area contributed by atoms with Crippen molar-refractivity contribution in [3.63, 3.8) is 0 Å². The Balaban J connectivity index is 2.02. The molecule has 0 N–H and O–H groups in total. The molecular formula is C23H43NO3. The van der Waals surface area contributed by atoms with E-state index in [4.69, 9.17) is 4.74 Å². The summed E-state index contributed by atoms with van der Waals surface area (Å²) in [5, 5.41) is 0. The Bertz CT molecular complexity index is 397. The van der Waals surface area contributed by atoms with E-state index in [0.29, 0.717) is 19.6 Å². The van der Waals surface area contributed by atoms with E-state index in [1.165, 1.54) is 70.6 Å². The van der Waals surface area contributed by atoms with Gasteiger partial charge in [-0.25, -0.2) is 0 Å². The molecule has 1 saturated heterocycles. The van der Waals surface area contributed by atoms with E-state index in [-0.39, 0.29) is 17.8 Å². The maximum absolute atomic E-state index is 12.1. The number of rotatable bonds is 17. The number of unbranched alkanes of at least 4 members (excludes halogenated alkanes) is 12. The van der Waals surface area contributed by atoms with Gasteiger partial charge in [0.05, 0.1) is 12.5 Å². The fraction of sp³-hybridized carbons (Fsp3) is 0.913. The molecule has 1 atom stereocenters. The van der Waals surface area contributed by atoms with Crippen molar-refractivity contribution < 1.29 is 14.3 Å². The lowest BCUT2D eigenvalue weighted by Gasteiger charge is -2.16. The van der Waals surface area contributed by atoms with Gasteiger partial charge in [-0.2, -0.15) is 0 Å². The summed E-state index contributed by atoms with van der Waals surface area (Å²) in [4.78, 5) is 26.1. The lowest BCUT2D eigenvalue weighted by atomic mass is 10.1. The normalized spacial score (nSPS) is 16.9. The van der Waals surface area contributed by atoms with Crippen molar-refractivity contribution >= 4 is 11.9 Å². The van der Waals surface area contributed by atoms with Gasteiger partial charge in [0, 0.05) is 19.5 Å². The summed E-state index contributed by atoms with van der Waals surface area (Å²) in [6.45, 7) is 6.28. The number of esters is 1. The van der Waals surface area contributed by atoms with Gasteiger partial charge >= 0.3 is 5.97 Å². The SMILES string of the molecule is CCCCCCCCCCCCN1CC(C(=O)OCCCCCC)CC1=O. The third-order valence-electron chi connectivity index (χ3n) is 5.57. The maximum Gasteiger partial charge on any atom is 0.311 e. The highest BCUT2D eigenvalue weighted by Crippen LogP contribution is 2.20. The van der Waals surface area contributed by atoms with E-state index in [1.54, 1.807) is 0 Å². The second-order valence-corrected chi connectivity index (χ2v) is 8.15. The first-order valence-corrected chi connectivity index (χ1v) is 11.6. The van der Waals surface area contributed by atoms with Crippen molar-refractivity contribution in [1.29, 1.82) is 0 Å². The number of likely N-dealkylation sites (tertiary alicyclic amines) is 1. The molecule has 1 rings (SSSR count). The lowest BCUT2D eigenvalue weighted by molar-refractivity contribution is -0.148. The molecule has 0 spiro atoms. The van der Waals surface area contributed by atoms with Gasteiger partial charge in [0.2, 0.25) is 5.91 Å². The van der Waals surface area contributed by atoms with Gasteiger partial charge in [0.25, 0.3) is 0 Å². The molecule has 1 aliphatic rings. The monoisotopic (exact) mass is 381 g/mol. The largest absolute Gasteiger partial charge is 0.465 e. The predicted octanol–water partition coefficient (Wildman–Crippen LogP) is 5.88. The molecule has 1 heterocycles. The summed E-state index contributed by atoms with van der Waals surface area (Å²) in [5.74, 6) is -0.295. The highest BCUT2D eigenvalue weighted by molar-refractivity contribution is 5.86. The van der Waals surface area contributed by atoms with Crippen molar-refractivity contribution in [2.45, 2.75) is 110 Å². The predicted molar refractivity (Wildman–Crippen MR) is 112 cm³/mol. The first-order chi connectivity index (χ1) is 13.2. The second kappa shape index (κ2) is 15.9. The first-order valence-electron chi connectivity index (χ1n) is 11.6. The Morgan fingerprint density at radius 2 is 1.37 bits per heavy atom. The molecule has 0 radical (unpaired) electrons. The van der Waals surface area contributed by atoms with Gasteiger partial charge in [-0.05, 0) is 12.8 Å². The van der Waals surface area contributed by atoms with Gasteiger partial charge in [0.15, 0.2) is 0 Å². The van der Waals surface area contributed by atoms with Crippen molar-refractivity contribution in [3.8, 4) is 0 Å². The van der Waals surface area contributed by atoms with E-state index in [1.807, 2.05) is 4.90 Å². The van der Waals surface area contributed by atoms with E-state index < -0.39 is 0 Å². The fourth-order valence-corrected chi connectivity index (χ4v) is 3.76. The summed E-state index contributed by atoms with van der Waals surface area (Å²) < 4.78 is 5.36. The van der Waals surface area contributed by atoms with Crippen LogP contribution in [-0.4, -0.2) is 36.5 Å². The molecule has 4 nitrogen and oxygen atoms in total. The van der Waals surface area contributed by atoms with Crippen LogP contribution in [0.3, 0.4) is 0 Å². The van der Waals surface area contributed by atoms with Crippen LogP contribution in [0.2, 0.25) is 0 Å². The Labute approximate surface area is 167 Å². The molecule has 1 unspecified atom stereocenters. The third-order valence-corrected chi connectivity index (χ3v) is 5.57. The number of hydrogen-bond acceptors (Lipinski definition) is 3. The molecule has 0 saturated carbocycles. The zero-order valence-electron chi connectivity index (χ0n) is 18.0. The number of hydrogen-bond donors (Lipinski definition) is 0. The van der Waals surface area contributed by atoms with Crippen molar-refractivity contribution in [3.05, 3.63) is 0 Å². The zero-order valence-corrected chi connectivity index (χ0v) is 18.0. The standard InChI is InChI=1S/C23H43NO3/c1-3-5-7-9-10-11-12-13-14-15-17-24-20-21(19-22(24)25)23(26)27-18-16-8-6-4-2/h21H,3-20H2,1-2H3. The first kappa shape index (κ1) is 24.0. The topological polar surface area (TPSA) is 46.6 Å². The van der Waals surface area contributed by atoms with E-state index in [0.717, 1.165) is 25.8 Å². The molecule has 0 aliphatic carbocycles. The maximum atomic E-state index is 12.1. The molecule has 1 amide bonds. The van der Waals surface area contributed by atoms with Crippen LogP contribution in [0, 0.1) is 5.92 Å². The highest BCUT2D eigenvalue weighted by atomic mass is 16.5. The van der Waals surface area contributed by atoms with E-state index in [9.17, 15) is 9.59 Å². The smallest absolute Gasteiger partial charge is 0.311 e. The molecule has 1 aliphatic heterocycles. The Morgan fingerprint density at radius 1 is 0.852 bits per heavy atom. The van der Waals surface area contributed by atoms with Crippen LogP contribution in [0.4, 0.5) is 0 Å². The van der Waals surface area contributed by atoms with Crippen molar-refractivity contribution in [2.24, 2.45) is 5.92 Å². The summed E-state index contributed by atoms with van der Waals surface area (Å²) in [6.07, 6.45) is 17.7. The molecule has 0 aromatic carbocycles. The average molecular weight is 382 g/mol. The van der Waals surface area contributed by atoms with E-state index in [2.05, 4.69) is 13.8 Å². The molecule has 0 aromatic rings. The minimum Gasteiger partial charge on any atom is -0.465 e. The van der Waals surface area contributed by atoms with Crippen LogP contribution in [0.15, 0.2) is 0 Å². The quantitative estimate of drug-likeness (QED) is 0.233. The van der Waals surface area contributed by atoms with Crippen LogP contribution in [-0.2, 0) is 14.3 Å². The van der Waals surface area contributed by atoms with Gasteiger partial charge < -0.3 is 9.64 Å². The zero-order chi connectivity index (χ0) is 19.7. The molecule has 0 aromatic heterocycles. The van der Waals surface area contributed by atoms with Crippen LogP contribution < -0.4 is 0 Å². The third kappa shape index (κ3) is 11.4. The summed E-state index contributed by atoms with van der Waals surface area (Å²) in [5.41, 5.74) is 0. The van der Waals surface area contributed by atoms with Gasteiger partial charge in [-0.3, -0.25) is 9.59 Å². The summed E-state index contributed by atoms with van der Waals surface area (Å²) in [6, 6.07) is 0. The second-order valence-electron chi connectivity index (χ2n) is 8.15. The molecular weight excluding hydrogens is 338 g/mol. The lowest BCUT2D eigenvalue weighted by Crippen LogP contribution is -2.27. The van der Waals surface area contributed by atoms with Gasteiger partial charge in [-0.1, -0.05) is 90.9 Å². The number of carbonyl (C=O) groups excluding carboxylic acids is 2. The minimum absolute atomic E-state index is 0.124. The Morgan fingerprint density at radius 3 is 1.96 bits per heavy atom. The molecule has 4 heteroatoms. The van der Waals surface area contributed by atoms with Gasteiger partial charge in [-0.15, -0.1) is 0 Å². The molecule has 27 heavy (non-hydrogen) atoms. The number of carbonyl (C=O) groups is 2. The van der Waals surface area contributed by atoms with Crippen LogP contribution in [0.25, 0.3) is 0 Å². The molecule has 0 bridgehead atoms. The number of amides is 1. The van der Waals surface area contributed by atoms with Crippen molar-refractivity contribution in [1.82, 2.24) is 4.90 Å². The Hall–Kier alpha value is -1.06.